The van der Waals surface area contributed by atoms with Crippen molar-refractivity contribution in [3.63, 3.8) is 0 Å². The number of benzene rings is 1. The Hall–Kier alpha value is -9.87. The zero-order chi connectivity index (χ0) is 78.8. The van der Waals surface area contributed by atoms with Crippen LogP contribution in [0.1, 0.15) is 153 Å². The van der Waals surface area contributed by atoms with Gasteiger partial charge in [0.05, 0.1) is 6.04 Å². The zero-order valence-corrected chi connectivity index (χ0v) is 62.6. The Bertz CT molecular complexity index is 3270. The van der Waals surface area contributed by atoms with Gasteiger partial charge in [0.1, 0.15) is 66.5 Å². The quantitative estimate of drug-likeness (QED) is 0.0171. The van der Waals surface area contributed by atoms with E-state index in [2.05, 4.69) is 78.4 Å². The van der Waals surface area contributed by atoms with Gasteiger partial charge in [-0.2, -0.15) is 0 Å². The predicted molar refractivity (Wildman–Crippen MR) is 398 cm³/mol. The monoisotopic (exact) mass is 1460 g/mol. The summed E-state index contributed by atoms with van der Waals surface area (Å²) >= 11 is 0. The third-order valence-electron chi connectivity index (χ3n) is 17.6. The van der Waals surface area contributed by atoms with Gasteiger partial charge in [0.15, 0.2) is 17.9 Å². The number of nitrogens with one attached hydrogen (secondary N) is 12. The smallest absolute Gasteiger partial charge is 0.244 e. The minimum atomic E-state index is -1.44. The molecule has 0 saturated carbocycles. The number of rotatable bonds is 47. The van der Waals surface area contributed by atoms with Crippen molar-refractivity contribution in [2.75, 3.05) is 26.2 Å². The molecule has 12 amide bonds. The summed E-state index contributed by atoms with van der Waals surface area (Å²) in [7, 11) is 0. The Morgan fingerprint density at radius 1 is 0.413 bits per heavy atom. The first-order valence-electron chi connectivity index (χ1n) is 35.6. The number of nitrogens with two attached hydrogens (primary N) is 9. The summed E-state index contributed by atoms with van der Waals surface area (Å²) in [6, 6.07) is -8.13. The van der Waals surface area contributed by atoms with Crippen molar-refractivity contribution < 1.29 is 57.5 Å². The molecule has 0 radical (unpaired) electrons. The van der Waals surface area contributed by atoms with Crippen molar-refractivity contribution in [2.24, 2.45) is 102 Å². The third kappa shape index (κ3) is 31.0. The predicted octanol–water partition coefficient (Wildman–Crippen LogP) is -3.90. The van der Waals surface area contributed by atoms with Gasteiger partial charge in [-0.1, -0.05) is 114 Å². The van der Waals surface area contributed by atoms with E-state index < -0.39 is 174 Å². The second-order valence-corrected chi connectivity index (χ2v) is 27.7. The molecule has 0 aliphatic rings. The topological polar surface area (TPSA) is 624 Å². The highest BCUT2D eigenvalue weighted by molar-refractivity contribution is 6.00. The van der Waals surface area contributed by atoms with E-state index in [1.54, 1.807) is 93.6 Å². The van der Waals surface area contributed by atoms with Crippen LogP contribution in [0.3, 0.4) is 0 Å². The molecule has 0 aliphatic heterocycles. The summed E-state index contributed by atoms with van der Waals surface area (Å²) in [5.41, 5.74) is 52.1. The van der Waals surface area contributed by atoms with Gasteiger partial charge in [-0.25, -0.2) is 0 Å². The summed E-state index contributed by atoms with van der Waals surface area (Å²) in [5, 5.41) is 30.4. The molecule has 1 aromatic carbocycles. The van der Waals surface area contributed by atoms with E-state index in [4.69, 9.17) is 51.6 Å². The first-order chi connectivity index (χ1) is 48.8. The molecule has 36 nitrogen and oxygen atoms in total. The number of hydrogen-bond donors (Lipinski definition) is 21. The maximum atomic E-state index is 14.8. The molecule has 30 N–H and O–H groups in total. The molecule has 1 heterocycles. The van der Waals surface area contributed by atoms with Crippen LogP contribution >= 0.6 is 0 Å². The summed E-state index contributed by atoms with van der Waals surface area (Å²) in [5.74, 6) is -12.8. The Balaban J connectivity index is 2.45. The average Bonchev–Trinajstić information content (AvgIpc) is 1.53. The molecule has 0 spiro atoms. The SMILES string of the molecule is CC[C@H](C)[C@H](NC(=O)[C@H](CCCN=C(N)N)NC(=O)[C@@H](NC(=O)[C@H](C)NC(=O)[C@@H](NC(=O)[C@@H](NC(=O)[C@H](CC(C)C)NC(=O)[C@H](CCCN=C(N)N)NC(=O)[C@@H](N)C(C)C)[C@@H](C)CC)C(C)C)C(C)C)C(=O)N[C@@H](Cc1c[nH]c2ccccc12)C(=O)N[C@@H](CN)C(=O)N[C@@H](CCCN=C(N)N)C(N)=O. The number of guanidine groups is 3. The fourth-order valence-electron chi connectivity index (χ4n) is 10.8. The van der Waals surface area contributed by atoms with Crippen LogP contribution in [0.5, 0.6) is 0 Å². The van der Waals surface area contributed by atoms with Crippen molar-refractivity contribution in [1.29, 1.82) is 0 Å². The van der Waals surface area contributed by atoms with E-state index in [-0.39, 0.29) is 101 Å². The molecule has 1 aromatic heterocycles. The number of carbonyl (C=O) groups excluding carboxylic acids is 12. The number of H-pyrrole nitrogens is 1. The van der Waals surface area contributed by atoms with E-state index >= 15 is 0 Å². The highest BCUT2D eigenvalue weighted by Crippen LogP contribution is 2.21. The minimum Gasteiger partial charge on any atom is -0.370 e. The maximum Gasteiger partial charge on any atom is 0.244 e. The van der Waals surface area contributed by atoms with Crippen LogP contribution < -0.4 is 110 Å². The number of amides is 12. The molecule has 0 saturated heterocycles. The van der Waals surface area contributed by atoms with Gasteiger partial charge in [0.2, 0.25) is 70.9 Å². The fourth-order valence-corrected chi connectivity index (χ4v) is 10.8. The van der Waals surface area contributed by atoms with Gasteiger partial charge in [0.25, 0.3) is 0 Å². The molecule has 2 aromatic rings. The molecule has 36 heteroatoms. The summed E-state index contributed by atoms with van der Waals surface area (Å²) in [6.07, 6.45) is 3.01. The summed E-state index contributed by atoms with van der Waals surface area (Å²) in [6.45, 7) is 21.9. The molecule has 2 rings (SSSR count). The number of primary amides is 1. The largest absolute Gasteiger partial charge is 0.370 e. The lowest BCUT2D eigenvalue weighted by molar-refractivity contribution is -0.137. The number of fused-ring (bicyclic) bond motifs is 1. The molecule has 14 atom stereocenters. The van der Waals surface area contributed by atoms with E-state index in [1.165, 1.54) is 6.92 Å². The minimum absolute atomic E-state index is 0.0147. The number of aromatic amines is 1. The Morgan fingerprint density at radius 2 is 0.779 bits per heavy atom. The van der Waals surface area contributed by atoms with E-state index in [0.29, 0.717) is 23.8 Å². The number of hydrogen-bond acceptors (Lipinski definition) is 17. The second kappa shape index (κ2) is 45.3. The average molecular weight is 1470 g/mol. The molecule has 0 bridgehead atoms. The normalized spacial score (nSPS) is 15.4. The number of para-hydroxylation sites is 1. The lowest BCUT2D eigenvalue weighted by atomic mass is 9.95. The molecule has 584 valence electrons. The Kier molecular flexibility index (Phi) is 39.3. The first-order valence-corrected chi connectivity index (χ1v) is 35.6. The number of aromatic nitrogens is 1. The van der Waals surface area contributed by atoms with E-state index in [9.17, 15) is 57.5 Å². The van der Waals surface area contributed by atoms with Crippen molar-refractivity contribution >= 4 is 99.7 Å². The van der Waals surface area contributed by atoms with Crippen LogP contribution in [-0.2, 0) is 64.0 Å². The van der Waals surface area contributed by atoms with Gasteiger partial charge in [0, 0.05) is 49.7 Å². The van der Waals surface area contributed by atoms with Gasteiger partial charge in [-0.15, -0.1) is 0 Å². The van der Waals surface area contributed by atoms with Gasteiger partial charge in [-0.3, -0.25) is 72.5 Å². The van der Waals surface area contributed by atoms with Crippen LogP contribution in [0.25, 0.3) is 10.9 Å². The number of carbonyl (C=O) groups is 12. The van der Waals surface area contributed by atoms with E-state index in [0.717, 1.165) is 5.52 Å². The lowest BCUT2D eigenvalue weighted by Gasteiger charge is -2.31. The molecule has 0 unspecified atom stereocenters. The summed E-state index contributed by atoms with van der Waals surface area (Å²) in [4.78, 5) is 184. The fraction of sp³-hybridized carbons (Fsp3) is 0.662. The first kappa shape index (κ1) is 90.2. The number of nitrogens with zero attached hydrogens (tertiary/aromatic N) is 3. The molecule has 0 aliphatic carbocycles. The van der Waals surface area contributed by atoms with Crippen LogP contribution in [0.4, 0.5) is 0 Å². The maximum absolute atomic E-state index is 14.8. The van der Waals surface area contributed by atoms with E-state index in [1.807, 2.05) is 19.9 Å². The van der Waals surface area contributed by atoms with Crippen molar-refractivity contribution in [3.05, 3.63) is 36.0 Å². The highest BCUT2D eigenvalue weighted by Gasteiger charge is 2.39. The van der Waals surface area contributed by atoms with Gasteiger partial charge < -0.3 is 115 Å². The number of aliphatic imine (C=N–C) groups is 3. The standard InChI is InChI=1S/C68H120N24O12/c1-14-37(11)52(64(103)87-47(30-40-32-81-42-22-17-16-21-41(40)42)58(97)88-48(31-69)60(99)83-43(54(71)93)23-18-26-78-66(72)73)91-57(96)45(25-20-28-80-68(76)77)85-63(102)51(36(9)10)89-55(94)39(13)82-62(101)50(35(7)8)90-65(104)53(38(12)15-2)92-59(98)46(29-33(3)4)86-56(95)44(24-19-27-79-67(74)75)84-61(100)49(70)34(5)6/h16-17,21-22,32-39,43-53,81H,14-15,18-20,23-31,69-70H2,1-13H3,(H2,71,93)(H,82,101)(H,83,99)(H,84,100)(H,85,102)(H,86,95)(H,87,103)(H,88,97)(H,89,94)(H,90,104)(H,91,96)(H,92,98)(H4,72,73,78)(H4,74,75,79)(H4,76,77,80)/t37-,38-,39-,43-,44-,45-,46-,47-,48-,49-,50-,51-,52-,53-/m0/s1. The van der Waals surface area contributed by atoms with Crippen LogP contribution in [0.2, 0.25) is 0 Å². The molecule has 104 heavy (non-hydrogen) atoms. The van der Waals surface area contributed by atoms with Crippen LogP contribution in [0, 0.1) is 35.5 Å². The van der Waals surface area contributed by atoms with Gasteiger partial charge in [-0.05, 0) is 99.0 Å². The third-order valence-corrected chi connectivity index (χ3v) is 17.6. The van der Waals surface area contributed by atoms with Crippen molar-refractivity contribution in [1.82, 2.24) is 63.5 Å². The summed E-state index contributed by atoms with van der Waals surface area (Å²) < 4.78 is 0. The Labute approximate surface area is 609 Å². The second-order valence-electron chi connectivity index (χ2n) is 27.7. The zero-order valence-electron chi connectivity index (χ0n) is 62.6. The van der Waals surface area contributed by atoms with Crippen molar-refractivity contribution in [2.45, 2.75) is 227 Å². The van der Waals surface area contributed by atoms with Crippen LogP contribution in [-0.4, -0.2) is 192 Å². The lowest BCUT2D eigenvalue weighted by Crippen LogP contribution is -2.62. The molecular weight excluding hydrogens is 1340 g/mol. The molecular formula is C68H120N24O12. The highest BCUT2D eigenvalue weighted by atomic mass is 16.2. The molecule has 0 fully saturated rings. The van der Waals surface area contributed by atoms with Gasteiger partial charge >= 0.3 is 0 Å². The van der Waals surface area contributed by atoms with Crippen molar-refractivity contribution in [3.8, 4) is 0 Å². The Morgan fingerprint density at radius 3 is 1.23 bits per heavy atom. The van der Waals surface area contributed by atoms with Crippen LogP contribution in [0.15, 0.2) is 45.4 Å².